The highest BCUT2D eigenvalue weighted by Crippen LogP contribution is 2.22. The van der Waals surface area contributed by atoms with Crippen LogP contribution < -0.4 is 15.4 Å². The van der Waals surface area contributed by atoms with Gasteiger partial charge in [-0.05, 0) is 19.9 Å². The molecule has 2 N–H and O–H groups in total. The van der Waals surface area contributed by atoms with Gasteiger partial charge < -0.3 is 20.1 Å². The zero-order chi connectivity index (χ0) is 18.5. The van der Waals surface area contributed by atoms with E-state index < -0.39 is 5.97 Å². The van der Waals surface area contributed by atoms with Gasteiger partial charge in [0, 0.05) is 19.2 Å². The Bertz CT molecular complexity index is 924. The van der Waals surface area contributed by atoms with Crippen LogP contribution in [0.5, 0.6) is 5.88 Å². The minimum absolute atomic E-state index is 0.279. The standard InChI is InChI=1S/C17H20N6O3/c1-4-25-15-8-6-7-12(21-15)20-13-9-14(18-3)23-16(22-13)11(10-19-23)17(24)26-5-2/h6-10,18H,4-5H2,1-3H3,(H,20,21,22). The van der Waals surface area contributed by atoms with E-state index in [1.807, 2.05) is 13.0 Å². The molecule has 0 aliphatic rings. The number of anilines is 3. The molecule has 9 heteroatoms. The number of pyridine rings is 1. The fourth-order valence-electron chi connectivity index (χ4n) is 2.40. The highest BCUT2D eigenvalue weighted by molar-refractivity contribution is 5.96. The summed E-state index contributed by atoms with van der Waals surface area (Å²) in [5, 5.41) is 10.4. The largest absolute Gasteiger partial charge is 0.478 e. The summed E-state index contributed by atoms with van der Waals surface area (Å²) in [6.45, 7) is 4.46. The SMILES string of the molecule is CCOC(=O)c1cnn2c(NC)cc(Nc3cccc(OCC)n3)nc12. The molecule has 3 aromatic rings. The average molecular weight is 356 g/mol. The van der Waals surface area contributed by atoms with E-state index in [1.54, 1.807) is 36.7 Å². The highest BCUT2D eigenvalue weighted by atomic mass is 16.5. The molecule has 3 rings (SSSR count). The number of nitrogens with zero attached hydrogens (tertiary/aromatic N) is 4. The Morgan fingerprint density at radius 1 is 1.19 bits per heavy atom. The number of ether oxygens (including phenoxy) is 2. The number of carbonyl (C=O) groups is 1. The fraction of sp³-hybridized carbons (Fsp3) is 0.294. The lowest BCUT2D eigenvalue weighted by molar-refractivity contribution is 0.0528. The molecule has 0 fully saturated rings. The van der Waals surface area contributed by atoms with E-state index in [0.717, 1.165) is 0 Å². The lowest BCUT2D eigenvalue weighted by Crippen LogP contribution is -2.08. The Kier molecular flexibility index (Phi) is 5.16. The van der Waals surface area contributed by atoms with Gasteiger partial charge in [-0.25, -0.2) is 9.78 Å². The minimum atomic E-state index is -0.467. The normalized spacial score (nSPS) is 10.6. The first kappa shape index (κ1) is 17.5. The Hall–Kier alpha value is -3.36. The first-order valence-electron chi connectivity index (χ1n) is 8.26. The first-order valence-corrected chi connectivity index (χ1v) is 8.26. The summed E-state index contributed by atoms with van der Waals surface area (Å²) in [5.74, 6) is 1.80. The van der Waals surface area contributed by atoms with Crippen molar-refractivity contribution >= 4 is 29.1 Å². The Labute approximate surface area is 150 Å². The van der Waals surface area contributed by atoms with Gasteiger partial charge in [-0.1, -0.05) is 6.07 Å². The fourth-order valence-corrected chi connectivity index (χ4v) is 2.40. The van der Waals surface area contributed by atoms with Gasteiger partial charge in [0.15, 0.2) is 5.65 Å². The van der Waals surface area contributed by atoms with Crippen LogP contribution in [0.1, 0.15) is 24.2 Å². The molecule has 26 heavy (non-hydrogen) atoms. The van der Waals surface area contributed by atoms with Crippen molar-refractivity contribution in [2.75, 3.05) is 30.9 Å². The topological polar surface area (TPSA) is 103 Å². The van der Waals surface area contributed by atoms with Gasteiger partial charge in [-0.3, -0.25) is 0 Å². The van der Waals surface area contributed by atoms with E-state index in [9.17, 15) is 4.79 Å². The molecule has 3 heterocycles. The molecule has 0 aliphatic heterocycles. The average Bonchev–Trinajstić information content (AvgIpc) is 3.06. The third-order valence-corrected chi connectivity index (χ3v) is 3.50. The van der Waals surface area contributed by atoms with Gasteiger partial charge >= 0.3 is 5.97 Å². The van der Waals surface area contributed by atoms with Crippen LogP contribution in [0.25, 0.3) is 5.65 Å². The summed E-state index contributed by atoms with van der Waals surface area (Å²) in [7, 11) is 1.76. The van der Waals surface area contributed by atoms with Crippen LogP contribution in [-0.2, 0) is 4.74 Å². The van der Waals surface area contributed by atoms with Crippen LogP contribution in [-0.4, -0.2) is 45.8 Å². The van der Waals surface area contributed by atoms with Crippen molar-refractivity contribution in [1.29, 1.82) is 0 Å². The second kappa shape index (κ2) is 7.68. The van der Waals surface area contributed by atoms with Crippen molar-refractivity contribution in [2.45, 2.75) is 13.8 Å². The molecule has 0 saturated heterocycles. The van der Waals surface area contributed by atoms with Crippen molar-refractivity contribution < 1.29 is 14.3 Å². The van der Waals surface area contributed by atoms with Crippen LogP contribution >= 0.6 is 0 Å². The summed E-state index contributed by atoms with van der Waals surface area (Å²) >= 11 is 0. The first-order chi connectivity index (χ1) is 12.7. The van der Waals surface area contributed by atoms with E-state index in [1.165, 1.54) is 6.20 Å². The summed E-state index contributed by atoms with van der Waals surface area (Å²) in [6.07, 6.45) is 1.44. The maximum absolute atomic E-state index is 12.1. The van der Waals surface area contributed by atoms with Crippen molar-refractivity contribution in [2.24, 2.45) is 0 Å². The summed E-state index contributed by atoms with van der Waals surface area (Å²) < 4.78 is 12.0. The molecule has 0 saturated carbocycles. The molecular weight excluding hydrogens is 336 g/mol. The number of fused-ring (bicyclic) bond motifs is 1. The molecule has 3 aromatic heterocycles. The Morgan fingerprint density at radius 3 is 2.77 bits per heavy atom. The van der Waals surface area contributed by atoms with Crippen molar-refractivity contribution in [3.63, 3.8) is 0 Å². The van der Waals surface area contributed by atoms with Crippen molar-refractivity contribution in [3.05, 3.63) is 36.0 Å². The molecule has 0 amide bonds. The second-order valence-corrected chi connectivity index (χ2v) is 5.21. The van der Waals surface area contributed by atoms with E-state index in [2.05, 4.69) is 25.7 Å². The highest BCUT2D eigenvalue weighted by Gasteiger charge is 2.18. The summed E-state index contributed by atoms with van der Waals surface area (Å²) in [5.41, 5.74) is 0.682. The maximum atomic E-state index is 12.1. The third-order valence-electron chi connectivity index (χ3n) is 3.50. The van der Waals surface area contributed by atoms with E-state index in [-0.39, 0.29) is 6.61 Å². The summed E-state index contributed by atoms with van der Waals surface area (Å²) in [6, 6.07) is 7.18. The van der Waals surface area contributed by atoms with Crippen LogP contribution in [0, 0.1) is 0 Å². The predicted octanol–water partition coefficient (Wildman–Crippen LogP) is 2.49. The number of esters is 1. The number of nitrogens with one attached hydrogen (secondary N) is 2. The van der Waals surface area contributed by atoms with Gasteiger partial charge in [0.1, 0.15) is 23.0 Å². The van der Waals surface area contributed by atoms with E-state index in [0.29, 0.717) is 41.2 Å². The van der Waals surface area contributed by atoms with Crippen LogP contribution in [0.2, 0.25) is 0 Å². The van der Waals surface area contributed by atoms with Crippen molar-refractivity contribution in [3.8, 4) is 5.88 Å². The molecule has 0 unspecified atom stereocenters. The lowest BCUT2D eigenvalue weighted by Gasteiger charge is -2.10. The zero-order valence-corrected chi connectivity index (χ0v) is 14.8. The zero-order valence-electron chi connectivity index (χ0n) is 14.8. The lowest BCUT2D eigenvalue weighted by atomic mass is 10.3. The van der Waals surface area contributed by atoms with Gasteiger partial charge in [0.05, 0.1) is 19.4 Å². The monoisotopic (exact) mass is 356 g/mol. The van der Waals surface area contributed by atoms with Crippen LogP contribution in [0.15, 0.2) is 30.5 Å². The molecule has 0 atom stereocenters. The predicted molar refractivity (Wildman–Crippen MR) is 97.2 cm³/mol. The quantitative estimate of drug-likeness (QED) is 0.623. The van der Waals surface area contributed by atoms with E-state index >= 15 is 0 Å². The summed E-state index contributed by atoms with van der Waals surface area (Å²) in [4.78, 5) is 21.0. The van der Waals surface area contributed by atoms with Gasteiger partial charge in [-0.2, -0.15) is 14.6 Å². The number of hydrogen-bond acceptors (Lipinski definition) is 8. The van der Waals surface area contributed by atoms with Gasteiger partial charge in [0.25, 0.3) is 0 Å². The molecule has 0 spiro atoms. The molecule has 0 aliphatic carbocycles. The van der Waals surface area contributed by atoms with Crippen LogP contribution in [0.3, 0.4) is 0 Å². The van der Waals surface area contributed by atoms with Crippen molar-refractivity contribution in [1.82, 2.24) is 19.6 Å². The molecule has 0 aromatic carbocycles. The Balaban J connectivity index is 1.99. The number of hydrogen-bond donors (Lipinski definition) is 2. The minimum Gasteiger partial charge on any atom is -0.478 e. The number of aromatic nitrogens is 4. The smallest absolute Gasteiger partial charge is 0.343 e. The number of carbonyl (C=O) groups excluding carboxylic acids is 1. The Morgan fingerprint density at radius 2 is 2.04 bits per heavy atom. The molecule has 136 valence electrons. The van der Waals surface area contributed by atoms with Gasteiger partial charge in [-0.15, -0.1) is 0 Å². The maximum Gasteiger partial charge on any atom is 0.343 e. The number of rotatable bonds is 7. The third kappa shape index (κ3) is 3.51. The molecule has 0 radical (unpaired) electrons. The molecule has 0 bridgehead atoms. The second-order valence-electron chi connectivity index (χ2n) is 5.21. The molecule has 9 nitrogen and oxygen atoms in total. The van der Waals surface area contributed by atoms with Crippen LogP contribution in [0.4, 0.5) is 17.5 Å². The van der Waals surface area contributed by atoms with Gasteiger partial charge in [0.2, 0.25) is 5.88 Å². The molecular formula is C17H20N6O3. The van der Waals surface area contributed by atoms with E-state index in [4.69, 9.17) is 9.47 Å².